The maximum atomic E-state index is 6.05. The average Bonchev–Trinajstić information content (AvgIpc) is 3.00. The van der Waals surface area contributed by atoms with Crippen LogP contribution < -0.4 is 5.32 Å². The molecular weight excluding hydrogens is 292 g/mol. The Morgan fingerprint density at radius 3 is 2.87 bits per heavy atom. The number of nitrogens with one attached hydrogen (secondary N) is 1. The van der Waals surface area contributed by atoms with E-state index >= 15 is 0 Å². The summed E-state index contributed by atoms with van der Waals surface area (Å²) in [6.07, 6.45) is 4.19. The van der Waals surface area contributed by atoms with Crippen LogP contribution in [0.3, 0.4) is 0 Å². The van der Waals surface area contributed by atoms with Gasteiger partial charge in [0, 0.05) is 39.2 Å². The van der Waals surface area contributed by atoms with E-state index in [2.05, 4.69) is 36.2 Å². The molecule has 0 aromatic carbocycles. The highest BCUT2D eigenvalue weighted by Crippen LogP contribution is 2.33. The Labute approximate surface area is 139 Å². The van der Waals surface area contributed by atoms with Gasteiger partial charge in [0.15, 0.2) is 5.96 Å². The van der Waals surface area contributed by atoms with Crippen LogP contribution in [0.25, 0.3) is 0 Å². The van der Waals surface area contributed by atoms with Crippen LogP contribution in [0, 0.1) is 11.3 Å². The van der Waals surface area contributed by atoms with E-state index in [0.717, 1.165) is 31.2 Å². The molecule has 23 heavy (non-hydrogen) atoms. The fourth-order valence-corrected chi connectivity index (χ4v) is 3.25. The number of ether oxygens (including phenoxy) is 1. The molecular formula is C17H30N4O2. The number of hydrogen-bond acceptors (Lipinski definition) is 4. The molecule has 1 aliphatic rings. The first kappa shape index (κ1) is 17.8. The lowest BCUT2D eigenvalue weighted by Gasteiger charge is -2.40. The molecule has 1 aromatic rings. The van der Waals surface area contributed by atoms with E-state index in [9.17, 15) is 0 Å². The molecule has 0 radical (unpaired) electrons. The lowest BCUT2D eigenvalue weighted by Crippen LogP contribution is -2.47. The first-order chi connectivity index (χ1) is 10.9. The second-order valence-corrected chi connectivity index (χ2v) is 7.33. The minimum Gasteiger partial charge on any atom is -0.377 e. The lowest BCUT2D eigenvalue weighted by molar-refractivity contribution is -0.0836. The van der Waals surface area contributed by atoms with Crippen LogP contribution in [0.4, 0.5) is 0 Å². The van der Waals surface area contributed by atoms with Crippen molar-refractivity contribution in [2.75, 3.05) is 27.2 Å². The molecule has 6 heteroatoms. The maximum absolute atomic E-state index is 6.05. The van der Waals surface area contributed by atoms with Crippen LogP contribution in [0.15, 0.2) is 21.8 Å². The number of aliphatic imine (C=N–C) groups is 1. The Hall–Kier alpha value is -1.56. The van der Waals surface area contributed by atoms with E-state index in [4.69, 9.17) is 9.26 Å². The van der Waals surface area contributed by atoms with Crippen molar-refractivity contribution < 1.29 is 9.26 Å². The van der Waals surface area contributed by atoms with Crippen molar-refractivity contribution in [2.45, 2.75) is 46.3 Å². The number of nitrogens with zero attached hydrogens (tertiary/aromatic N) is 3. The van der Waals surface area contributed by atoms with Crippen LogP contribution in [0.2, 0.25) is 0 Å². The van der Waals surface area contributed by atoms with Gasteiger partial charge in [-0.15, -0.1) is 0 Å². The zero-order valence-corrected chi connectivity index (χ0v) is 15.0. The highest BCUT2D eigenvalue weighted by Gasteiger charge is 2.35. The standard InChI is InChI=1S/C17H30N4O2/c1-17(2,3)15-13(7-6-9-22-15)11-19-16(18-4)21(5)12-14-8-10-23-20-14/h8,10,13,15H,6-7,9,11-12H2,1-5H3,(H,18,19). The normalized spacial score (nSPS) is 22.9. The highest BCUT2D eigenvalue weighted by atomic mass is 16.5. The maximum Gasteiger partial charge on any atom is 0.193 e. The summed E-state index contributed by atoms with van der Waals surface area (Å²) >= 11 is 0. The van der Waals surface area contributed by atoms with Gasteiger partial charge in [0.25, 0.3) is 0 Å². The van der Waals surface area contributed by atoms with Crippen LogP contribution in [-0.4, -0.2) is 49.4 Å². The first-order valence-electron chi connectivity index (χ1n) is 8.34. The van der Waals surface area contributed by atoms with Gasteiger partial charge in [0.1, 0.15) is 12.0 Å². The van der Waals surface area contributed by atoms with E-state index in [1.165, 1.54) is 6.42 Å². The SMILES string of the molecule is CN=C(NCC1CCCOC1C(C)(C)C)N(C)Cc1ccon1. The molecule has 1 fully saturated rings. The third kappa shape index (κ3) is 4.96. The molecule has 2 rings (SSSR count). The number of aromatic nitrogens is 1. The minimum atomic E-state index is 0.156. The molecule has 1 aromatic heterocycles. The molecule has 2 heterocycles. The molecule has 0 bridgehead atoms. The number of rotatable bonds is 4. The molecule has 1 saturated heterocycles. The van der Waals surface area contributed by atoms with Gasteiger partial charge in [0.2, 0.25) is 0 Å². The predicted octanol–water partition coefficient (Wildman–Crippen LogP) is 2.52. The van der Waals surface area contributed by atoms with Gasteiger partial charge in [-0.3, -0.25) is 4.99 Å². The molecule has 2 atom stereocenters. The third-order valence-electron chi connectivity index (χ3n) is 4.28. The number of guanidine groups is 1. The Kier molecular flexibility index (Phi) is 6.04. The first-order valence-corrected chi connectivity index (χ1v) is 8.34. The summed E-state index contributed by atoms with van der Waals surface area (Å²) in [5, 5.41) is 7.44. The van der Waals surface area contributed by atoms with Crippen molar-refractivity contribution in [3.63, 3.8) is 0 Å². The molecule has 2 unspecified atom stereocenters. The van der Waals surface area contributed by atoms with E-state index < -0.39 is 0 Å². The predicted molar refractivity (Wildman–Crippen MR) is 91.3 cm³/mol. The molecule has 0 saturated carbocycles. The summed E-state index contributed by atoms with van der Waals surface area (Å²) in [6, 6.07) is 1.87. The molecule has 130 valence electrons. The molecule has 0 amide bonds. The lowest BCUT2D eigenvalue weighted by atomic mass is 9.78. The Morgan fingerprint density at radius 1 is 1.48 bits per heavy atom. The van der Waals surface area contributed by atoms with Crippen molar-refractivity contribution in [1.29, 1.82) is 0 Å². The Morgan fingerprint density at radius 2 is 2.26 bits per heavy atom. The van der Waals surface area contributed by atoms with E-state index in [-0.39, 0.29) is 11.5 Å². The van der Waals surface area contributed by atoms with Crippen LogP contribution in [0.1, 0.15) is 39.3 Å². The van der Waals surface area contributed by atoms with Crippen molar-refractivity contribution in [2.24, 2.45) is 16.3 Å². The number of hydrogen-bond donors (Lipinski definition) is 1. The van der Waals surface area contributed by atoms with Gasteiger partial charge in [-0.05, 0) is 18.3 Å². The minimum absolute atomic E-state index is 0.156. The molecule has 0 aliphatic carbocycles. The molecule has 0 spiro atoms. The van der Waals surface area contributed by atoms with Crippen molar-refractivity contribution in [1.82, 2.24) is 15.4 Å². The quantitative estimate of drug-likeness (QED) is 0.682. The third-order valence-corrected chi connectivity index (χ3v) is 4.28. The largest absolute Gasteiger partial charge is 0.377 e. The summed E-state index contributed by atoms with van der Waals surface area (Å²) in [7, 11) is 3.81. The van der Waals surface area contributed by atoms with E-state index in [1.54, 1.807) is 13.3 Å². The Balaban J connectivity index is 1.91. The van der Waals surface area contributed by atoms with Gasteiger partial charge < -0.3 is 19.5 Å². The summed E-state index contributed by atoms with van der Waals surface area (Å²) in [4.78, 5) is 6.42. The van der Waals surface area contributed by atoms with Crippen LogP contribution in [0.5, 0.6) is 0 Å². The molecule has 6 nitrogen and oxygen atoms in total. The van der Waals surface area contributed by atoms with Crippen LogP contribution >= 0.6 is 0 Å². The summed E-state index contributed by atoms with van der Waals surface area (Å²) in [5.74, 6) is 1.37. The van der Waals surface area contributed by atoms with Gasteiger partial charge in [-0.25, -0.2) is 0 Å². The van der Waals surface area contributed by atoms with Crippen molar-refractivity contribution in [3.8, 4) is 0 Å². The van der Waals surface area contributed by atoms with Crippen LogP contribution in [-0.2, 0) is 11.3 Å². The summed E-state index contributed by atoms with van der Waals surface area (Å²) in [5.41, 5.74) is 1.05. The van der Waals surface area contributed by atoms with E-state index in [1.807, 2.05) is 18.0 Å². The van der Waals surface area contributed by atoms with Gasteiger partial charge >= 0.3 is 0 Å². The zero-order chi connectivity index (χ0) is 16.9. The second kappa shape index (κ2) is 7.81. The fourth-order valence-electron chi connectivity index (χ4n) is 3.25. The molecule has 1 aliphatic heterocycles. The van der Waals surface area contributed by atoms with Crippen molar-refractivity contribution in [3.05, 3.63) is 18.0 Å². The van der Waals surface area contributed by atoms with Crippen molar-refractivity contribution >= 4 is 5.96 Å². The topological polar surface area (TPSA) is 62.9 Å². The Bertz CT molecular complexity index is 493. The highest BCUT2D eigenvalue weighted by molar-refractivity contribution is 5.79. The van der Waals surface area contributed by atoms with Gasteiger partial charge in [-0.1, -0.05) is 25.9 Å². The monoisotopic (exact) mass is 322 g/mol. The zero-order valence-electron chi connectivity index (χ0n) is 15.0. The van der Waals surface area contributed by atoms with Gasteiger partial charge in [-0.2, -0.15) is 0 Å². The smallest absolute Gasteiger partial charge is 0.193 e. The fraction of sp³-hybridized carbons (Fsp3) is 0.765. The average molecular weight is 322 g/mol. The second-order valence-electron chi connectivity index (χ2n) is 7.33. The van der Waals surface area contributed by atoms with Gasteiger partial charge in [0.05, 0.1) is 12.6 Å². The summed E-state index contributed by atoms with van der Waals surface area (Å²) < 4.78 is 10.9. The molecule has 1 N–H and O–H groups in total. The van der Waals surface area contributed by atoms with E-state index in [0.29, 0.717) is 12.5 Å². The summed E-state index contributed by atoms with van der Waals surface area (Å²) in [6.45, 7) is 9.17.